The number of amidine groups is 1. The van der Waals surface area contributed by atoms with Gasteiger partial charge in [0.05, 0.1) is 15.5 Å². The first kappa shape index (κ1) is 17.7. The average molecular weight is 369 g/mol. The Bertz CT molecular complexity index is 962. The molecule has 0 atom stereocenters. The Morgan fingerprint density at radius 2 is 1.92 bits per heavy atom. The van der Waals surface area contributed by atoms with E-state index in [-0.39, 0.29) is 5.91 Å². The second-order valence-corrected chi connectivity index (χ2v) is 6.76. The third-order valence-corrected chi connectivity index (χ3v) is 4.71. The van der Waals surface area contributed by atoms with Gasteiger partial charge in [0.1, 0.15) is 0 Å². The third-order valence-electron chi connectivity index (χ3n) is 3.80. The summed E-state index contributed by atoms with van der Waals surface area (Å²) >= 11 is 1.16. The zero-order valence-corrected chi connectivity index (χ0v) is 14.8. The Balaban J connectivity index is 1.91. The maximum absolute atomic E-state index is 12.2. The highest BCUT2D eigenvalue weighted by molar-refractivity contribution is 8.18. The number of amides is 1. The molecule has 1 fully saturated rings. The maximum Gasteiger partial charge on any atom is 0.311 e. The minimum absolute atomic E-state index is 0.323. The fraction of sp³-hybridized carbons (Fsp3) is 0.111. The van der Waals surface area contributed by atoms with Gasteiger partial charge in [-0.25, -0.2) is 4.99 Å². The van der Waals surface area contributed by atoms with Crippen molar-refractivity contribution in [3.8, 4) is 5.75 Å². The predicted molar refractivity (Wildman–Crippen MR) is 101 cm³/mol. The number of hydrogen-bond acceptors (Lipinski definition) is 6. The topological polar surface area (TPSA) is 105 Å². The summed E-state index contributed by atoms with van der Waals surface area (Å²) in [5, 5.41) is 23.6. The van der Waals surface area contributed by atoms with Gasteiger partial charge in [0.25, 0.3) is 5.91 Å². The number of aryl methyl sites for hydroxylation is 2. The van der Waals surface area contributed by atoms with Gasteiger partial charge in [-0.3, -0.25) is 14.9 Å². The maximum atomic E-state index is 12.2. The van der Waals surface area contributed by atoms with Crippen LogP contribution in [0.25, 0.3) is 6.08 Å². The quantitative estimate of drug-likeness (QED) is 0.486. The number of carbonyl (C=O) groups excluding carboxylic acids is 1. The highest BCUT2D eigenvalue weighted by atomic mass is 32.2. The van der Waals surface area contributed by atoms with Crippen LogP contribution in [0.5, 0.6) is 5.75 Å². The molecular weight excluding hydrogens is 354 g/mol. The molecule has 1 aliphatic heterocycles. The minimum Gasteiger partial charge on any atom is -0.502 e. The molecule has 0 radical (unpaired) electrons. The Labute approximate surface area is 153 Å². The van der Waals surface area contributed by atoms with Gasteiger partial charge in [-0.2, -0.15) is 0 Å². The second-order valence-electron chi connectivity index (χ2n) is 5.73. The van der Waals surface area contributed by atoms with Gasteiger partial charge in [-0.05, 0) is 54.4 Å². The summed E-state index contributed by atoms with van der Waals surface area (Å²) in [5.74, 6) is -0.742. The van der Waals surface area contributed by atoms with Gasteiger partial charge in [0.2, 0.25) is 0 Å². The number of benzene rings is 2. The molecule has 2 aromatic rings. The van der Waals surface area contributed by atoms with E-state index in [1.165, 1.54) is 24.3 Å². The molecule has 0 aromatic heterocycles. The number of rotatable bonds is 3. The summed E-state index contributed by atoms with van der Waals surface area (Å²) in [5.41, 5.74) is 2.84. The van der Waals surface area contributed by atoms with E-state index in [0.29, 0.717) is 15.6 Å². The highest BCUT2D eigenvalue weighted by Crippen LogP contribution is 2.32. The Kier molecular flexibility index (Phi) is 4.77. The van der Waals surface area contributed by atoms with Gasteiger partial charge in [-0.1, -0.05) is 24.3 Å². The van der Waals surface area contributed by atoms with Crippen molar-refractivity contribution < 1.29 is 14.8 Å². The van der Waals surface area contributed by atoms with Crippen LogP contribution in [0, 0.1) is 24.0 Å². The number of para-hydroxylation sites is 1. The smallest absolute Gasteiger partial charge is 0.311 e. The van der Waals surface area contributed by atoms with Crippen molar-refractivity contribution in [1.29, 1.82) is 0 Å². The number of aliphatic imine (C=N–C) groups is 1. The van der Waals surface area contributed by atoms with Gasteiger partial charge in [0, 0.05) is 6.07 Å². The lowest BCUT2D eigenvalue weighted by Crippen LogP contribution is -2.19. The largest absolute Gasteiger partial charge is 0.502 e. The number of phenols is 1. The summed E-state index contributed by atoms with van der Waals surface area (Å²) < 4.78 is 0. The summed E-state index contributed by atoms with van der Waals surface area (Å²) in [4.78, 5) is 27.3. The third kappa shape index (κ3) is 3.60. The van der Waals surface area contributed by atoms with E-state index in [0.717, 1.165) is 28.6 Å². The Morgan fingerprint density at radius 1 is 1.23 bits per heavy atom. The lowest BCUT2D eigenvalue weighted by molar-refractivity contribution is -0.385. The fourth-order valence-corrected chi connectivity index (χ4v) is 3.32. The van der Waals surface area contributed by atoms with Crippen molar-refractivity contribution in [1.82, 2.24) is 5.32 Å². The van der Waals surface area contributed by atoms with Crippen LogP contribution >= 0.6 is 11.8 Å². The van der Waals surface area contributed by atoms with E-state index in [9.17, 15) is 20.0 Å². The number of nitro benzene ring substituents is 1. The standard InChI is InChI=1S/C18H15N3O4S/c1-10-4-3-5-11(2)16(10)19-18-20-17(23)15(26-18)9-12-6-7-14(22)13(8-12)21(24)25/h3-9,22H,1-2H3,(H,19,20,23)/b15-9+. The lowest BCUT2D eigenvalue weighted by Gasteiger charge is -2.04. The normalized spacial score (nSPS) is 16.9. The number of carbonyl (C=O) groups is 1. The number of aromatic hydroxyl groups is 1. The van der Waals surface area contributed by atoms with Gasteiger partial charge in [0.15, 0.2) is 10.9 Å². The Morgan fingerprint density at radius 3 is 2.58 bits per heavy atom. The van der Waals surface area contributed by atoms with Gasteiger partial charge in [-0.15, -0.1) is 0 Å². The lowest BCUT2D eigenvalue weighted by atomic mass is 10.1. The molecule has 1 amide bonds. The van der Waals surface area contributed by atoms with E-state index >= 15 is 0 Å². The molecule has 0 unspecified atom stereocenters. The van der Waals surface area contributed by atoms with Gasteiger partial charge >= 0.3 is 5.69 Å². The van der Waals surface area contributed by atoms with Crippen molar-refractivity contribution in [2.24, 2.45) is 4.99 Å². The Hall–Kier alpha value is -3.13. The van der Waals surface area contributed by atoms with E-state index < -0.39 is 16.4 Å². The molecule has 132 valence electrons. The monoisotopic (exact) mass is 369 g/mol. The van der Waals surface area contributed by atoms with E-state index in [4.69, 9.17) is 0 Å². The van der Waals surface area contributed by atoms with Crippen LogP contribution in [-0.4, -0.2) is 21.1 Å². The average Bonchev–Trinajstić information content (AvgIpc) is 2.92. The minimum atomic E-state index is -0.674. The van der Waals surface area contributed by atoms with Crippen molar-refractivity contribution in [3.05, 3.63) is 68.1 Å². The van der Waals surface area contributed by atoms with Crippen molar-refractivity contribution in [2.45, 2.75) is 13.8 Å². The van der Waals surface area contributed by atoms with Crippen LogP contribution in [0.1, 0.15) is 16.7 Å². The molecule has 8 heteroatoms. The second kappa shape index (κ2) is 7.01. The highest BCUT2D eigenvalue weighted by Gasteiger charge is 2.24. The van der Waals surface area contributed by atoms with Crippen LogP contribution in [0.2, 0.25) is 0 Å². The molecular formula is C18H15N3O4S. The first-order valence-electron chi connectivity index (χ1n) is 7.68. The molecule has 0 aliphatic carbocycles. The van der Waals surface area contributed by atoms with Crippen LogP contribution in [0.15, 0.2) is 46.3 Å². The molecule has 3 rings (SSSR count). The first-order valence-corrected chi connectivity index (χ1v) is 8.50. The number of nitrogens with zero attached hydrogens (tertiary/aromatic N) is 2. The van der Waals surface area contributed by atoms with Crippen LogP contribution in [0.3, 0.4) is 0 Å². The van der Waals surface area contributed by atoms with E-state index in [1.807, 2.05) is 32.0 Å². The van der Waals surface area contributed by atoms with Crippen LogP contribution in [0.4, 0.5) is 11.4 Å². The zero-order valence-electron chi connectivity index (χ0n) is 14.0. The summed E-state index contributed by atoms with van der Waals surface area (Å²) in [7, 11) is 0. The molecule has 2 N–H and O–H groups in total. The molecule has 7 nitrogen and oxygen atoms in total. The number of phenolic OH excluding ortho intramolecular Hbond substituents is 1. The molecule has 0 spiro atoms. The summed E-state index contributed by atoms with van der Waals surface area (Å²) in [6.45, 7) is 3.89. The van der Waals surface area contributed by atoms with Gasteiger partial charge < -0.3 is 10.4 Å². The fourth-order valence-electron chi connectivity index (χ4n) is 2.49. The summed E-state index contributed by atoms with van der Waals surface area (Å²) in [6.07, 6.45) is 1.53. The van der Waals surface area contributed by atoms with Crippen LogP contribution < -0.4 is 5.32 Å². The zero-order chi connectivity index (χ0) is 18.8. The SMILES string of the molecule is Cc1cccc(C)c1N=C1NC(=O)/C(=C\c2ccc(O)c([N+](=O)[O-])c2)S1. The van der Waals surface area contributed by atoms with E-state index in [2.05, 4.69) is 10.3 Å². The van der Waals surface area contributed by atoms with Crippen molar-refractivity contribution in [3.63, 3.8) is 0 Å². The van der Waals surface area contributed by atoms with Crippen molar-refractivity contribution >= 4 is 40.3 Å². The molecule has 1 aliphatic rings. The van der Waals surface area contributed by atoms with Crippen molar-refractivity contribution in [2.75, 3.05) is 0 Å². The molecule has 0 bridgehead atoms. The number of nitro groups is 1. The van der Waals surface area contributed by atoms with Crippen LogP contribution in [-0.2, 0) is 4.79 Å². The van der Waals surface area contributed by atoms with E-state index in [1.54, 1.807) is 0 Å². The molecule has 26 heavy (non-hydrogen) atoms. The first-order chi connectivity index (χ1) is 12.3. The molecule has 2 aromatic carbocycles. The summed E-state index contributed by atoms with van der Waals surface area (Å²) in [6, 6.07) is 9.78. The molecule has 1 saturated heterocycles. The molecule has 1 heterocycles. The number of thioether (sulfide) groups is 1. The molecule has 0 saturated carbocycles. The number of nitrogens with one attached hydrogen (secondary N) is 1. The predicted octanol–water partition coefficient (Wildman–Crippen LogP) is 3.81. The number of hydrogen-bond donors (Lipinski definition) is 2.